The number of hydrogen-bond acceptors (Lipinski definition) is 2. The molecule has 2 atom stereocenters. The molecule has 0 spiro atoms. The largest absolute Gasteiger partial charge is 0.352 e. The van der Waals surface area contributed by atoms with Crippen molar-refractivity contribution in [2.45, 2.75) is 39.8 Å². The van der Waals surface area contributed by atoms with Gasteiger partial charge < -0.3 is 14.8 Å². The minimum absolute atomic E-state index is 0.0221. The van der Waals surface area contributed by atoms with Crippen LogP contribution in [0.15, 0.2) is 59.2 Å². The van der Waals surface area contributed by atoms with E-state index in [1.54, 1.807) is 0 Å². The molecule has 30 heavy (non-hydrogen) atoms. The minimum atomic E-state index is 0.0221. The van der Waals surface area contributed by atoms with Gasteiger partial charge in [0.05, 0.1) is 17.8 Å². The first-order valence-electron chi connectivity index (χ1n) is 10.3. The van der Waals surface area contributed by atoms with Crippen LogP contribution >= 0.6 is 28.1 Å². The summed E-state index contributed by atoms with van der Waals surface area (Å²) in [5.41, 5.74) is 5.91. The smallest absolute Gasteiger partial charge is 0.170 e. The molecule has 1 saturated heterocycles. The van der Waals surface area contributed by atoms with E-state index in [1.165, 1.54) is 17.0 Å². The van der Waals surface area contributed by atoms with Crippen molar-refractivity contribution in [3.8, 4) is 5.69 Å². The molecular formula is C24H27BrN4S. The van der Waals surface area contributed by atoms with Crippen molar-refractivity contribution in [3.63, 3.8) is 0 Å². The van der Waals surface area contributed by atoms with Crippen LogP contribution in [-0.2, 0) is 0 Å². The average Bonchev–Trinajstić information content (AvgIpc) is 3.18. The third kappa shape index (κ3) is 3.91. The van der Waals surface area contributed by atoms with Gasteiger partial charge in [0.25, 0.3) is 0 Å². The van der Waals surface area contributed by atoms with Crippen LogP contribution in [0, 0.1) is 19.8 Å². The van der Waals surface area contributed by atoms with Gasteiger partial charge in [0, 0.05) is 34.3 Å². The molecule has 1 fully saturated rings. The van der Waals surface area contributed by atoms with E-state index in [-0.39, 0.29) is 12.1 Å². The van der Waals surface area contributed by atoms with Crippen LogP contribution in [0.1, 0.15) is 48.6 Å². The van der Waals surface area contributed by atoms with Crippen LogP contribution in [0.5, 0.6) is 0 Å². The number of thiocarbonyl (C=S) groups is 1. The lowest BCUT2D eigenvalue weighted by atomic mass is 9.96. The highest BCUT2D eigenvalue weighted by molar-refractivity contribution is 9.10. The van der Waals surface area contributed by atoms with E-state index in [1.807, 2.05) is 18.3 Å². The number of aromatic nitrogens is 2. The number of nitrogens with zero attached hydrogens (tertiary/aromatic N) is 3. The molecule has 3 aromatic rings. The Kier molecular flexibility index (Phi) is 5.98. The highest BCUT2D eigenvalue weighted by Crippen LogP contribution is 2.41. The van der Waals surface area contributed by atoms with Gasteiger partial charge in [-0.25, -0.2) is 0 Å². The molecule has 0 saturated carbocycles. The van der Waals surface area contributed by atoms with Crippen molar-refractivity contribution in [2.24, 2.45) is 5.92 Å². The standard InChI is InChI=1S/C24H27BrN4S/c1-15(2)14-28-23(22(27-24(28)30)21-10-5-6-11-26-21)20-12-16(3)29(17(20)4)19-9-7-8-18(25)13-19/h5-13,15,22-23H,14H2,1-4H3,(H,27,30)/t22-,23-/m0/s1. The van der Waals surface area contributed by atoms with Crippen LogP contribution in [-0.4, -0.2) is 26.1 Å². The summed E-state index contributed by atoms with van der Waals surface area (Å²) in [5.74, 6) is 0.503. The quantitative estimate of drug-likeness (QED) is 0.460. The van der Waals surface area contributed by atoms with Crippen molar-refractivity contribution in [1.82, 2.24) is 19.8 Å². The summed E-state index contributed by atoms with van der Waals surface area (Å²) in [6.45, 7) is 9.74. The molecule has 156 valence electrons. The topological polar surface area (TPSA) is 33.1 Å². The van der Waals surface area contributed by atoms with E-state index < -0.39 is 0 Å². The molecule has 4 nitrogen and oxygen atoms in total. The Bertz CT molecular complexity index is 1060. The summed E-state index contributed by atoms with van der Waals surface area (Å²) in [6, 6.07) is 16.9. The summed E-state index contributed by atoms with van der Waals surface area (Å²) < 4.78 is 3.40. The maximum Gasteiger partial charge on any atom is 0.170 e. The first kappa shape index (κ1) is 21.1. The highest BCUT2D eigenvalue weighted by Gasteiger charge is 2.41. The van der Waals surface area contributed by atoms with Crippen LogP contribution in [0.3, 0.4) is 0 Å². The van der Waals surface area contributed by atoms with E-state index in [2.05, 4.69) is 99.8 Å². The number of halogens is 1. The zero-order valence-corrected chi connectivity index (χ0v) is 20.2. The number of hydrogen-bond donors (Lipinski definition) is 1. The fourth-order valence-electron chi connectivity index (χ4n) is 4.43. The fourth-order valence-corrected chi connectivity index (χ4v) is 5.14. The predicted molar refractivity (Wildman–Crippen MR) is 130 cm³/mol. The van der Waals surface area contributed by atoms with Gasteiger partial charge in [-0.05, 0) is 73.9 Å². The number of aryl methyl sites for hydroxylation is 1. The molecular weight excluding hydrogens is 456 g/mol. The lowest BCUT2D eigenvalue weighted by Gasteiger charge is -2.29. The number of pyridine rings is 1. The molecule has 4 rings (SSSR count). The molecule has 0 radical (unpaired) electrons. The van der Waals surface area contributed by atoms with Gasteiger partial charge in [-0.1, -0.05) is 41.9 Å². The molecule has 0 aliphatic carbocycles. The van der Waals surface area contributed by atoms with E-state index in [0.717, 1.165) is 27.5 Å². The molecule has 1 aliphatic heterocycles. The minimum Gasteiger partial charge on any atom is -0.352 e. The average molecular weight is 483 g/mol. The molecule has 3 heterocycles. The van der Waals surface area contributed by atoms with Gasteiger partial charge in [-0.2, -0.15) is 0 Å². The Morgan fingerprint density at radius 3 is 2.60 bits per heavy atom. The van der Waals surface area contributed by atoms with E-state index in [0.29, 0.717) is 5.92 Å². The van der Waals surface area contributed by atoms with Crippen molar-refractivity contribution in [2.75, 3.05) is 6.54 Å². The summed E-state index contributed by atoms with van der Waals surface area (Å²) in [4.78, 5) is 6.99. The lowest BCUT2D eigenvalue weighted by Crippen LogP contribution is -2.33. The molecule has 0 amide bonds. The molecule has 1 aliphatic rings. The van der Waals surface area contributed by atoms with Crippen LogP contribution in [0.2, 0.25) is 0 Å². The van der Waals surface area contributed by atoms with Gasteiger partial charge in [0.2, 0.25) is 0 Å². The Morgan fingerprint density at radius 2 is 1.93 bits per heavy atom. The summed E-state index contributed by atoms with van der Waals surface area (Å²) in [6.07, 6.45) is 1.85. The van der Waals surface area contributed by atoms with Crippen LogP contribution in [0.4, 0.5) is 0 Å². The number of rotatable bonds is 5. The SMILES string of the molecule is Cc1cc([C@H]2[C@H](c3ccccn3)NC(=S)N2CC(C)C)c(C)n1-c1cccc(Br)c1. The first-order valence-corrected chi connectivity index (χ1v) is 11.5. The fraction of sp³-hybridized carbons (Fsp3) is 0.333. The van der Waals surface area contributed by atoms with E-state index in [9.17, 15) is 0 Å². The van der Waals surface area contributed by atoms with Gasteiger partial charge >= 0.3 is 0 Å². The maximum atomic E-state index is 5.78. The van der Waals surface area contributed by atoms with E-state index in [4.69, 9.17) is 12.2 Å². The van der Waals surface area contributed by atoms with Crippen LogP contribution in [0.25, 0.3) is 5.69 Å². The second-order valence-electron chi connectivity index (χ2n) is 8.31. The zero-order chi connectivity index (χ0) is 21.4. The van der Waals surface area contributed by atoms with Gasteiger partial charge in [0.1, 0.15) is 0 Å². The molecule has 2 aromatic heterocycles. The summed E-state index contributed by atoms with van der Waals surface area (Å²) in [7, 11) is 0. The maximum absolute atomic E-state index is 5.78. The Hall–Kier alpha value is -2.18. The van der Waals surface area contributed by atoms with Gasteiger partial charge in [0.15, 0.2) is 5.11 Å². The Labute approximate surface area is 192 Å². The second kappa shape index (κ2) is 8.52. The summed E-state index contributed by atoms with van der Waals surface area (Å²) in [5, 5.41) is 4.36. The predicted octanol–water partition coefficient (Wildman–Crippen LogP) is 5.88. The highest BCUT2D eigenvalue weighted by atomic mass is 79.9. The monoisotopic (exact) mass is 482 g/mol. The number of nitrogens with one attached hydrogen (secondary N) is 1. The Morgan fingerprint density at radius 1 is 1.13 bits per heavy atom. The Balaban J connectivity index is 1.84. The third-order valence-electron chi connectivity index (χ3n) is 5.61. The normalized spacial score (nSPS) is 18.9. The first-order chi connectivity index (χ1) is 14.4. The van der Waals surface area contributed by atoms with Gasteiger partial charge in [-0.15, -0.1) is 0 Å². The second-order valence-corrected chi connectivity index (χ2v) is 9.62. The van der Waals surface area contributed by atoms with Crippen molar-refractivity contribution >= 4 is 33.3 Å². The van der Waals surface area contributed by atoms with Crippen molar-refractivity contribution in [3.05, 3.63) is 81.8 Å². The molecule has 1 aromatic carbocycles. The molecule has 0 bridgehead atoms. The molecule has 1 N–H and O–H groups in total. The zero-order valence-electron chi connectivity index (χ0n) is 17.8. The van der Waals surface area contributed by atoms with Crippen molar-refractivity contribution < 1.29 is 0 Å². The molecule has 6 heteroatoms. The van der Waals surface area contributed by atoms with Crippen LogP contribution < -0.4 is 5.32 Å². The molecule has 0 unspecified atom stereocenters. The third-order valence-corrected chi connectivity index (χ3v) is 6.46. The lowest BCUT2D eigenvalue weighted by molar-refractivity contribution is 0.287. The van der Waals surface area contributed by atoms with Gasteiger partial charge in [-0.3, -0.25) is 4.98 Å². The van der Waals surface area contributed by atoms with E-state index >= 15 is 0 Å². The van der Waals surface area contributed by atoms with Crippen molar-refractivity contribution in [1.29, 1.82) is 0 Å². The summed E-state index contributed by atoms with van der Waals surface area (Å²) >= 11 is 9.39. The number of benzene rings is 1.